The third-order valence-corrected chi connectivity index (χ3v) is 3.83. The van der Waals surface area contributed by atoms with E-state index >= 15 is 0 Å². The zero-order valence-electron chi connectivity index (χ0n) is 8.87. The second kappa shape index (κ2) is 3.86. The van der Waals surface area contributed by atoms with Gasteiger partial charge in [-0.05, 0) is 30.2 Å². The van der Waals surface area contributed by atoms with Crippen LogP contribution < -0.4 is 10.2 Å². The molecule has 1 amide bonds. The van der Waals surface area contributed by atoms with Crippen LogP contribution in [0.3, 0.4) is 0 Å². The molecule has 0 unspecified atom stereocenters. The highest BCUT2D eigenvalue weighted by molar-refractivity contribution is 9.10. The Bertz CT molecular complexity index is 443. The van der Waals surface area contributed by atoms with Crippen molar-refractivity contribution in [1.29, 1.82) is 0 Å². The van der Waals surface area contributed by atoms with Crippen LogP contribution in [-0.4, -0.2) is 25.5 Å². The smallest absolute Gasteiger partial charge is 0.232 e. The van der Waals surface area contributed by atoms with Crippen molar-refractivity contribution in [3.05, 3.63) is 28.2 Å². The minimum atomic E-state index is 0.189. The minimum absolute atomic E-state index is 0.189. The summed E-state index contributed by atoms with van der Waals surface area (Å²) in [7, 11) is 0. The minimum Gasteiger partial charge on any atom is -0.315 e. The van der Waals surface area contributed by atoms with Crippen LogP contribution in [0.2, 0.25) is 0 Å². The van der Waals surface area contributed by atoms with Crippen molar-refractivity contribution in [3.63, 3.8) is 0 Å². The fourth-order valence-corrected chi connectivity index (χ4v) is 2.69. The summed E-state index contributed by atoms with van der Waals surface area (Å²) in [5.41, 5.74) is 2.37. The molecule has 1 saturated heterocycles. The summed E-state index contributed by atoms with van der Waals surface area (Å²) in [6, 6.07) is 6.15. The average Bonchev–Trinajstić information content (AvgIpc) is 2.57. The molecule has 3 nitrogen and oxygen atoms in total. The van der Waals surface area contributed by atoms with Crippen molar-refractivity contribution in [1.82, 2.24) is 5.32 Å². The van der Waals surface area contributed by atoms with E-state index in [0.717, 1.165) is 36.2 Å². The Hall–Kier alpha value is -0.870. The van der Waals surface area contributed by atoms with Gasteiger partial charge in [0.15, 0.2) is 0 Å². The molecule has 1 aromatic rings. The Morgan fingerprint density at radius 2 is 2.25 bits per heavy atom. The topological polar surface area (TPSA) is 32.3 Å². The zero-order valence-corrected chi connectivity index (χ0v) is 10.5. The number of carbonyl (C=O) groups is 1. The van der Waals surface area contributed by atoms with E-state index in [4.69, 9.17) is 0 Å². The molecule has 2 aliphatic heterocycles. The number of halogens is 1. The van der Waals surface area contributed by atoms with Crippen LogP contribution in [0.5, 0.6) is 0 Å². The molecule has 2 aliphatic rings. The first-order valence-corrected chi connectivity index (χ1v) is 6.35. The highest BCUT2D eigenvalue weighted by atomic mass is 79.9. The van der Waals surface area contributed by atoms with Gasteiger partial charge in [-0.1, -0.05) is 15.9 Å². The number of nitrogens with zero attached hydrogens (tertiary/aromatic N) is 1. The number of amides is 1. The Kier molecular flexibility index (Phi) is 2.48. The maximum atomic E-state index is 12.1. The van der Waals surface area contributed by atoms with Crippen LogP contribution >= 0.6 is 15.9 Å². The Morgan fingerprint density at radius 1 is 1.44 bits per heavy atom. The van der Waals surface area contributed by atoms with E-state index in [1.54, 1.807) is 0 Å². The summed E-state index contributed by atoms with van der Waals surface area (Å²) in [5, 5.41) is 3.14. The molecule has 2 heterocycles. The van der Waals surface area contributed by atoms with Gasteiger partial charge in [0, 0.05) is 29.8 Å². The fraction of sp³-hybridized carbons (Fsp3) is 0.417. The van der Waals surface area contributed by atoms with Crippen molar-refractivity contribution in [2.45, 2.75) is 6.42 Å². The molecule has 1 N–H and O–H groups in total. The first-order valence-electron chi connectivity index (χ1n) is 5.56. The van der Waals surface area contributed by atoms with E-state index in [-0.39, 0.29) is 11.8 Å². The lowest BCUT2D eigenvalue weighted by Crippen LogP contribution is -2.51. The number of rotatable bonds is 1. The summed E-state index contributed by atoms with van der Waals surface area (Å²) >= 11 is 3.46. The molecule has 1 fully saturated rings. The van der Waals surface area contributed by atoms with Gasteiger partial charge in [-0.2, -0.15) is 0 Å². The maximum Gasteiger partial charge on any atom is 0.232 e. The van der Waals surface area contributed by atoms with E-state index in [2.05, 4.69) is 27.3 Å². The molecule has 4 heteroatoms. The third-order valence-electron chi connectivity index (χ3n) is 3.33. The Labute approximate surface area is 103 Å². The lowest BCUT2D eigenvalue weighted by Gasteiger charge is -2.30. The highest BCUT2D eigenvalue weighted by Gasteiger charge is 2.33. The quantitative estimate of drug-likeness (QED) is 0.847. The Morgan fingerprint density at radius 3 is 2.94 bits per heavy atom. The van der Waals surface area contributed by atoms with Crippen LogP contribution in [0.4, 0.5) is 5.69 Å². The van der Waals surface area contributed by atoms with E-state index in [9.17, 15) is 4.79 Å². The standard InChI is InChI=1S/C12H13BrN2O/c13-10-1-2-11-8(5-10)3-4-15(11)12(16)9-6-14-7-9/h1-2,5,9,14H,3-4,6-7H2. The van der Waals surface area contributed by atoms with Gasteiger partial charge in [-0.25, -0.2) is 0 Å². The largest absolute Gasteiger partial charge is 0.315 e. The predicted octanol–water partition coefficient (Wildman–Crippen LogP) is 1.56. The van der Waals surface area contributed by atoms with Crippen molar-refractivity contribution in [2.24, 2.45) is 5.92 Å². The van der Waals surface area contributed by atoms with Gasteiger partial charge in [0.2, 0.25) is 5.91 Å². The van der Waals surface area contributed by atoms with Gasteiger partial charge < -0.3 is 10.2 Å². The molecule has 16 heavy (non-hydrogen) atoms. The molecular weight excluding hydrogens is 268 g/mol. The molecular formula is C12H13BrN2O. The average molecular weight is 281 g/mol. The van der Waals surface area contributed by atoms with E-state index in [1.165, 1.54) is 5.56 Å². The monoisotopic (exact) mass is 280 g/mol. The maximum absolute atomic E-state index is 12.1. The second-order valence-electron chi connectivity index (χ2n) is 4.37. The van der Waals surface area contributed by atoms with Gasteiger partial charge in [0.1, 0.15) is 0 Å². The van der Waals surface area contributed by atoms with Gasteiger partial charge in [-0.15, -0.1) is 0 Å². The van der Waals surface area contributed by atoms with E-state index < -0.39 is 0 Å². The number of fused-ring (bicyclic) bond motifs is 1. The van der Waals surface area contributed by atoms with Crippen molar-refractivity contribution in [2.75, 3.05) is 24.5 Å². The van der Waals surface area contributed by atoms with Crippen LogP contribution in [0.15, 0.2) is 22.7 Å². The number of nitrogens with one attached hydrogen (secondary N) is 1. The van der Waals surface area contributed by atoms with Crippen LogP contribution in [-0.2, 0) is 11.2 Å². The summed E-state index contributed by atoms with van der Waals surface area (Å²) in [5.74, 6) is 0.467. The molecule has 0 spiro atoms. The molecule has 0 aromatic heterocycles. The fourth-order valence-electron chi connectivity index (χ4n) is 2.28. The normalized spacial score (nSPS) is 19.4. The molecule has 0 atom stereocenters. The lowest BCUT2D eigenvalue weighted by molar-refractivity contribution is -0.123. The number of benzene rings is 1. The molecule has 1 aromatic carbocycles. The summed E-state index contributed by atoms with van der Waals surface area (Å²) in [4.78, 5) is 14.1. The molecule has 0 aliphatic carbocycles. The van der Waals surface area contributed by atoms with Gasteiger partial charge in [0.05, 0.1) is 5.92 Å². The predicted molar refractivity (Wildman–Crippen MR) is 66.6 cm³/mol. The second-order valence-corrected chi connectivity index (χ2v) is 5.28. The third kappa shape index (κ3) is 1.57. The van der Waals surface area contributed by atoms with Gasteiger partial charge >= 0.3 is 0 Å². The van der Waals surface area contributed by atoms with Crippen molar-refractivity contribution < 1.29 is 4.79 Å². The van der Waals surface area contributed by atoms with Crippen LogP contribution in [0.25, 0.3) is 0 Å². The summed E-state index contributed by atoms with van der Waals surface area (Å²) in [6.07, 6.45) is 0.973. The molecule has 0 saturated carbocycles. The number of anilines is 1. The van der Waals surface area contributed by atoms with Crippen LogP contribution in [0, 0.1) is 5.92 Å². The number of hydrogen-bond acceptors (Lipinski definition) is 2. The van der Waals surface area contributed by atoms with Crippen LogP contribution in [0.1, 0.15) is 5.56 Å². The zero-order chi connectivity index (χ0) is 11.1. The van der Waals surface area contributed by atoms with E-state index in [0.29, 0.717) is 0 Å². The summed E-state index contributed by atoms with van der Waals surface area (Å²) in [6.45, 7) is 2.50. The van der Waals surface area contributed by atoms with Gasteiger partial charge in [0.25, 0.3) is 0 Å². The first-order chi connectivity index (χ1) is 7.75. The van der Waals surface area contributed by atoms with Gasteiger partial charge in [-0.3, -0.25) is 4.79 Å². The SMILES string of the molecule is O=C(C1CNC1)N1CCc2cc(Br)ccc21. The molecule has 84 valence electrons. The summed E-state index contributed by atoms with van der Waals surface area (Å²) < 4.78 is 1.09. The van der Waals surface area contributed by atoms with Crippen molar-refractivity contribution >= 4 is 27.5 Å². The number of hydrogen-bond donors (Lipinski definition) is 1. The Balaban J connectivity index is 1.87. The number of carbonyl (C=O) groups excluding carboxylic acids is 1. The molecule has 0 radical (unpaired) electrons. The van der Waals surface area contributed by atoms with E-state index in [1.807, 2.05) is 17.0 Å². The first kappa shape index (κ1) is 10.3. The molecule has 3 rings (SSSR count). The highest BCUT2D eigenvalue weighted by Crippen LogP contribution is 2.31. The van der Waals surface area contributed by atoms with Crippen molar-refractivity contribution in [3.8, 4) is 0 Å². The molecule has 0 bridgehead atoms. The lowest BCUT2D eigenvalue weighted by atomic mass is 10.0.